The predicted molar refractivity (Wildman–Crippen MR) is 80.2 cm³/mol. The fourth-order valence-electron chi connectivity index (χ4n) is 2.98. The van der Waals surface area contributed by atoms with E-state index in [1.807, 2.05) is 0 Å². The van der Waals surface area contributed by atoms with E-state index in [1.54, 1.807) is 13.1 Å². The van der Waals surface area contributed by atoms with Crippen LogP contribution in [0.2, 0.25) is 0 Å². The second kappa shape index (κ2) is 5.87. The summed E-state index contributed by atoms with van der Waals surface area (Å²) >= 11 is 0. The largest absolute Gasteiger partial charge is 0.350 e. The smallest absolute Gasteiger partial charge is 0.213 e. The Morgan fingerprint density at radius 1 is 1.42 bits per heavy atom. The zero-order chi connectivity index (χ0) is 17.5. The molecule has 1 aromatic carbocycles. The van der Waals surface area contributed by atoms with Crippen molar-refractivity contribution in [3.63, 3.8) is 0 Å². The van der Waals surface area contributed by atoms with Crippen molar-refractivity contribution in [2.75, 3.05) is 13.0 Å². The zero-order valence-corrected chi connectivity index (χ0v) is 13.9. The minimum Gasteiger partial charge on any atom is -0.350 e. The van der Waals surface area contributed by atoms with Gasteiger partial charge >= 0.3 is 0 Å². The molecule has 7 nitrogen and oxygen atoms in total. The Kier molecular flexibility index (Phi) is 4.14. The Morgan fingerprint density at radius 2 is 2.17 bits per heavy atom. The monoisotopic (exact) mass is 358 g/mol. The lowest BCUT2D eigenvalue weighted by Crippen LogP contribution is -2.46. The fraction of sp³-hybridized carbons (Fsp3) is 0.429. The van der Waals surface area contributed by atoms with Gasteiger partial charge in [0.25, 0.3) is 0 Å². The number of halogens is 2. The van der Waals surface area contributed by atoms with Crippen molar-refractivity contribution in [1.82, 2.24) is 19.3 Å². The van der Waals surface area contributed by atoms with Crippen molar-refractivity contribution in [2.45, 2.75) is 25.1 Å². The number of nitrogens with zero attached hydrogens (tertiary/aromatic N) is 4. The van der Waals surface area contributed by atoms with E-state index in [4.69, 9.17) is 4.74 Å². The van der Waals surface area contributed by atoms with E-state index in [9.17, 15) is 17.2 Å². The summed E-state index contributed by atoms with van der Waals surface area (Å²) in [6.07, 6.45) is 4.06. The first kappa shape index (κ1) is 16.9. The first-order valence-corrected chi connectivity index (χ1v) is 8.99. The highest BCUT2D eigenvalue weighted by molar-refractivity contribution is 7.88. The second-order valence-electron chi connectivity index (χ2n) is 5.71. The number of benzene rings is 1. The maximum Gasteiger partial charge on any atom is 0.213 e. The average Bonchev–Trinajstić information content (AvgIpc) is 3.08. The molecule has 1 fully saturated rings. The van der Waals surface area contributed by atoms with Crippen LogP contribution in [0.25, 0.3) is 0 Å². The number of sulfonamides is 1. The minimum absolute atomic E-state index is 0.0305. The zero-order valence-electron chi connectivity index (χ0n) is 13.1. The molecule has 1 aliphatic rings. The van der Waals surface area contributed by atoms with Gasteiger partial charge in [0.05, 0.1) is 25.0 Å². The quantitative estimate of drug-likeness (QED) is 0.818. The van der Waals surface area contributed by atoms with E-state index in [2.05, 4.69) is 10.3 Å². The normalized spacial score (nSPS) is 25.2. The highest BCUT2D eigenvalue weighted by atomic mass is 32.2. The number of rotatable bonds is 4. The standard InChI is InChI=1S/C14H16F2N4O3S/c1-10-14(8-19-6-5-17-18-19,23-9-20(10)24(2,21)22)12-4-3-11(15)7-13(12)16/h3-7,10H,8-9H2,1-2H3. The third-order valence-corrected chi connectivity index (χ3v) is 5.51. The summed E-state index contributed by atoms with van der Waals surface area (Å²) in [5.41, 5.74) is -1.28. The molecule has 0 radical (unpaired) electrons. The molecule has 0 aliphatic carbocycles. The fourth-order valence-corrected chi connectivity index (χ4v) is 3.97. The average molecular weight is 358 g/mol. The van der Waals surface area contributed by atoms with E-state index in [0.29, 0.717) is 0 Å². The van der Waals surface area contributed by atoms with Crippen LogP contribution in [-0.4, -0.2) is 46.7 Å². The van der Waals surface area contributed by atoms with Crippen molar-refractivity contribution < 1.29 is 21.9 Å². The molecule has 0 bridgehead atoms. The predicted octanol–water partition coefficient (Wildman–Crippen LogP) is 1.09. The molecule has 1 aliphatic heterocycles. The number of hydrogen-bond acceptors (Lipinski definition) is 5. The van der Waals surface area contributed by atoms with Gasteiger partial charge in [0, 0.05) is 17.8 Å². The highest BCUT2D eigenvalue weighted by Gasteiger charge is 2.52. The molecule has 2 heterocycles. The van der Waals surface area contributed by atoms with Crippen molar-refractivity contribution in [2.24, 2.45) is 0 Å². The SMILES string of the molecule is CC1N(S(C)(=O)=O)COC1(Cn1ccnn1)c1ccc(F)cc1F. The Morgan fingerprint density at radius 3 is 2.71 bits per heavy atom. The Hall–Kier alpha value is -1.91. The minimum atomic E-state index is -3.56. The lowest BCUT2D eigenvalue weighted by molar-refractivity contribution is -0.0274. The van der Waals surface area contributed by atoms with Crippen LogP contribution >= 0.6 is 0 Å². The molecule has 10 heteroatoms. The Balaban J connectivity index is 2.12. The van der Waals surface area contributed by atoms with Gasteiger partial charge in [-0.05, 0) is 13.0 Å². The second-order valence-corrected chi connectivity index (χ2v) is 7.65. The van der Waals surface area contributed by atoms with E-state index < -0.39 is 33.3 Å². The molecule has 2 unspecified atom stereocenters. The lowest BCUT2D eigenvalue weighted by Gasteiger charge is -2.33. The van der Waals surface area contributed by atoms with Crippen LogP contribution < -0.4 is 0 Å². The summed E-state index contributed by atoms with van der Waals surface area (Å²) in [7, 11) is -3.56. The molecule has 0 spiro atoms. The van der Waals surface area contributed by atoms with E-state index in [1.165, 1.54) is 16.9 Å². The number of ether oxygens (including phenoxy) is 1. The van der Waals surface area contributed by atoms with Crippen molar-refractivity contribution >= 4 is 10.0 Å². The molecule has 0 N–H and O–H groups in total. The maximum atomic E-state index is 14.4. The molecule has 1 saturated heterocycles. The van der Waals surface area contributed by atoms with Gasteiger partial charge < -0.3 is 4.74 Å². The van der Waals surface area contributed by atoms with Crippen molar-refractivity contribution in [3.8, 4) is 0 Å². The molecule has 1 aromatic heterocycles. The summed E-state index contributed by atoms with van der Waals surface area (Å²) in [5.74, 6) is -1.53. The summed E-state index contributed by atoms with van der Waals surface area (Å²) < 4.78 is 60.0. The summed E-state index contributed by atoms with van der Waals surface area (Å²) in [4.78, 5) is 0. The summed E-state index contributed by atoms with van der Waals surface area (Å²) in [6.45, 7) is 1.42. The van der Waals surface area contributed by atoms with Gasteiger partial charge in [-0.2, -0.15) is 4.31 Å². The van der Waals surface area contributed by atoms with Gasteiger partial charge in [-0.15, -0.1) is 5.10 Å². The van der Waals surface area contributed by atoms with Gasteiger partial charge in [0.2, 0.25) is 10.0 Å². The van der Waals surface area contributed by atoms with Crippen LogP contribution in [-0.2, 0) is 26.9 Å². The lowest BCUT2D eigenvalue weighted by atomic mass is 9.87. The van der Waals surface area contributed by atoms with Crippen molar-refractivity contribution in [1.29, 1.82) is 0 Å². The Bertz CT molecular complexity index is 844. The highest BCUT2D eigenvalue weighted by Crippen LogP contribution is 2.41. The van der Waals surface area contributed by atoms with Crippen LogP contribution in [0.1, 0.15) is 12.5 Å². The molecule has 24 heavy (non-hydrogen) atoms. The molecule has 2 atom stereocenters. The van der Waals surface area contributed by atoms with Gasteiger partial charge in [0.15, 0.2) is 0 Å². The molecule has 0 saturated carbocycles. The van der Waals surface area contributed by atoms with Gasteiger partial charge in [-0.3, -0.25) is 0 Å². The van der Waals surface area contributed by atoms with Gasteiger partial charge in [-0.25, -0.2) is 21.9 Å². The maximum absolute atomic E-state index is 14.4. The van der Waals surface area contributed by atoms with E-state index in [0.717, 1.165) is 22.7 Å². The third-order valence-electron chi connectivity index (χ3n) is 4.24. The summed E-state index contributed by atoms with van der Waals surface area (Å²) in [5, 5.41) is 7.53. The van der Waals surface area contributed by atoms with Crippen LogP contribution in [0, 0.1) is 11.6 Å². The van der Waals surface area contributed by atoms with E-state index in [-0.39, 0.29) is 18.8 Å². The van der Waals surface area contributed by atoms with Gasteiger partial charge in [0.1, 0.15) is 24.0 Å². The van der Waals surface area contributed by atoms with Crippen LogP contribution in [0.15, 0.2) is 30.6 Å². The van der Waals surface area contributed by atoms with E-state index >= 15 is 0 Å². The molecular weight excluding hydrogens is 342 g/mol. The van der Waals surface area contributed by atoms with Gasteiger partial charge in [-0.1, -0.05) is 11.3 Å². The number of hydrogen-bond donors (Lipinski definition) is 0. The van der Waals surface area contributed by atoms with Crippen LogP contribution in [0.5, 0.6) is 0 Å². The molecule has 2 aromatic rings. The molecule has 3 rings (SSSR count). The summed E-state index contributed by atoms with van der Waals surface area (Å²) in [6, 6.07) is 2.40. The first-order valence-electron chi connectivity index (χ1n) is 7.14. The molecule has 0 amide bonds. The van der Waals surface area contributed by atoms with Crippen molar-refractivity contribution in [3.05, 3.63) is 47.8 Å². The Labute approximate surface area is 137 Å². The topological polar surface area (TPSA) is 77.3 Å². The van der Waals surface area contributed by atoms with Crippen LogP contribution in [0.3, 0.4) is 0 Å². The molecule has 130 valence electrons. The number of aromatic nitrogens is 3. The third kappa shape index (κ3) is 2.80. The van der Waals surface area contributed by atoms with Crippen LogP contribution in [0.4, 0.5) is 8.78 Å². The first-order chi connectivity index (χ1) is 11.2. The molecular formula is C14H16F2N4O3S.